The van der Waals surface area contributed by atoms with Gasteiger partial charge in [0.15, 0.2) is 0 Å². The van der Waals surface area contributed by atoms with Gasteiger partial charge in [-0.2, -0.15) is 0 Å². The molecule has 128 valence electrons. The molecule has 25 heavy (non-hydrogen) atoms. The van der Waals surface area contributed by atoms with Crippen LogP contribution in [0.1, 0.15) is 28.8 Å². The van der Waals surface area contributed by atoms with E-state index in [1.54, 1.807) is 12.4 Å². The van der Waals surface area contributed by atoms with Gasteiger partial charge in [0.25, 0.3) is 5.91 Å². The molecule has 1 aromatic heterocycles. The highest BCUT2D eigenvalue weighted by Crippen LogP contribution is 2.58. The summed E-state index contributed by atoms with van der Waals surface area (Å²) < 4.78 is 0. The highest BCUT2D eigenvalue weighted by molar-refractivity contribution is 5.94. The minimum Gasteiger partial charge on any atom is -0.352 e. The molecule has 2 amide bonds. The van der Waals surface area contributed by atoms with E-state index in [2.05, 4.69) is 10.3 Å². The normalized spacial score (nSPS) is 24.3. The number of aromatic nitrogens is 1. The van der Waals surface area contributed by atoms with Crippen molar-refractivity contribution >= 4 is 11.8 Å². The van der Waals surface area contributed by atoms with Gasteiger partial charge in [-0.3, -0.25) is 14.6 Å². The third kappa shape index (κ3) is 3.14. The Morgan fingerprint density at radius 3 is 2.68 bits per heavy atom. The number of nitrogens with zero attached hydrogens (tertiary/aromatic N) is 2. The Labute approximate surface area is 147 Å². The SMILES string of the molecule is O=C(NCc1ccncc1)[C@H]1C[C@@]12CCN(C(=O)c1ccccc1)C2. The van der Waals surface area contributed by atoms with Crippen LogP contribution in [0, 0.1) is 11.3 Å². The molecular weight excluding hydrogens is 314 g/mol. The molecule has 5 nitrogen and oxygen atoms in total. The Balaban J connectivity index is 1.33. The van der Waals surface area contributed by atoms with Crippen molar-refractivity contribution in [2.24, 2.45) is 11.3 Å². The van der Waals surface area contributed by atoms with E-state index in [0.717, 1.165) is 30.5 Å². The third-order valence-electron chi connectivity index (χ3n) is 5.42. The van der Waals surface area contributed by atoms with Gasteiger partial charge in [0.2, 0.25) is 5.91 Å². The fraction of sp³-hybridized carbons (Fsp3) is 0.350. The van der Waals surface area contributed by atoms with Gasteiger partial charge >= 0.3 is 0 Å². The molecule has 1 saturated heterocycles. The lowest BCUT2D eigenvalue weighted by atomic mass is 10.0. The summed E-state index contributed by atoms with van der Waals surface area (Å²) >= 11 is 0. The third-order valence-corrected chi connectivity index (χ3v) is 5.42. The van der Waals surface area contributed by atoms with Gasteiger partial charge in [0.1, 0.15) is 0 Å². The van der Waals surface area contributed by atoms with E-state index in [1.165, 1.54) is 0 Å². The molecule has 1 saturated carbocycles. The molecule has 2 fully saturated rings. The summed E-state index contributed by atoms with van der Waals surface area (Å²) in [6.07, 6.45) is 5.25. The topological polar surface area (TPSA) is 62.3 Å². The van der Waals surface area contributed by atoms with Gasteiger partial charge in [-0.25, -0.2) is 0 Å². The van der Waals surface area contributed by atoms with Crippen LogP contribution in [0.25, 0.3) is 0 Å². The molecule has 0 unspecified atom stereocenters. The molecule has 0 bridgehead atoms. The van der Waals surface area contributed by atoms with E-state index in [1.807, 2.05) is 47.4 Å². The number of nitrogens with one attached hydrogen (secondary N) is 1. The molecule has 1 aliphatic carbocycles. The molecule has 1 N–H and O–H groups in total. The number of carbonyl (C=O) groups excluding carboxylic acids is 2. The lowest BCUT2D eigenvalue weighted by Crippen LogP contribution is -2.31. The fourth-order valence-electron chi connectivity index (χ4n) is 3.81. The summed E-state index contributed by atoms with van der Waals surface area (Å²) in [7, 11) is 0. The van der Waals surface area contributed by atoms with Crippen molar-refractivity contribution in [2.45, 2.75) is 19.4 Å². The van der Waals surface area contributed by atoms with Crippen molar-refractivity contribution in [3.8, 4) is 0 Å². The lowest BCUT2D eigenvalue weighted by molar-refractivity contribution is -0.123. The quantitative estimate of drug-likeness (QED) is 0.932. The maximum Gasteiger partial charge on any atom is 0.253 e. The lowest BCUT2D eigenvalue weighted by Gasteiger charge is -2.16. The molecule has 1 aromatic carbocycles. The summed E-state index contributed by atoms with van der Waals surface area (Å²) in [6, 6.07) is 13.2. The van der Waals surface area contributed by atoms with Crippen LogP contribution in [0.2, 0.25) is 0 Å². The summed E-state index contributed by atoms with van der Waals surface area (Å²) in [6.45, 7) is 1.95. The number of hydrogen-bond acceptors (Lipinski definition) is 3. The van der Waals surface area contributed by atoms with Crippen LogP contribution < -0.4 is 5.32 Å². The van der Waals surface area contributed by atoms with Crippen molar-refractivity contribution in [1.29, 1.82) is 0 Å². The van der Waals surface area contributed by atoms with Crippen molar-refractivity contribution in [1.82, 2.24) is 15.2 Å². The number of rotatable bonds is 4. The first kappa shape index (κ1) is 15.8. The van der Waals surface area contributed by atoms with E-state index in [-0.39, 0.29) is 23.1 Å². The van der Waals surface area contributed by atoms with Crippen molar-refractivity contribution in [3.05, 3.63) is 66.0 Å². The number of carbonyl (C=O) groups is 2. The van der Waals surface area contributed by atoms with Gasteiger partial charge < -0.3 is 10.2 Å². The Bertz CT molecular complexity index is 778. The minimum absolute atomic E-state index is 0.00718. The van der Waals surface area contributed by atoms with Crippen LogP contribution in [0.3, 0.4) is 0 Å². The van der Waals surface area contributed by atoms with Crippen LogP contribution in [-0.2, 0) is 11.3 Å². The van der Waals surface area contributed by atoms with Crippen LogP contribution >= 0.6 is 0 Å². The number of hydrogen-bond donors (Lipinski definition) is 1. The average Bonchev–Trinajstić information content (AvgIpc) is 3.21. The highest BCUT2D eigenvalue weighted by Gasteiger charge is 2.61. The van der Waals surface area contributed by atoms with Gasteiger partial charge in [-0.15, -0.1) is 0 Å². The fourth-order valence-corrected chi connectivity index (χ4v) is 3.81. The van der Waals surface area contributed by atoms with Crippen molar-refractivity contribution in [2.75, 3.05) is 13.1 Å². The summed E-state index contributed by atoms with van der Waals surface area (Å²) in [4.78, 5) is 30.9. The Hall–Kier alpha value is -2.69. The largest absolute Gasteiger partial charge is 0.352 e. The van der Waals surface area contributed by atoms with E-state index in [4.69, 9.17) is 0 Å². The van der Waals surface area contributed by atoms with E-state index < -0.39 is 0 Å². The maximum absolute atomic E-state index is 12.6. The predicted octanol–water partition coefficient (Wildman–Crippen LogP) is 2.25. The summed E-state index contributed by atoms with van der Waals surface area (Å²) in [5.41, 5.74) is 1.76. The monoisotopic (exact) mass is 335 g/mol. The molecule has 2 aromatic rings. The Morgan fingerprint density at radius 1 is 1.16 bits per heavy atom. The minimum atomic E-state index is -0.00718. The standard InChI is InChI=1S/C20H21N3O2/c24-18(22-13-15-6-9-21-10-7-15)17-12-20(17)8-11-23(14-20)19(25)16-4-2-1-3-5-16/h1-7,9-10,17H,8,11-14H2,(H,22,24)/t17-,20-/m1/s1. The van der Waals surface area contributed by atoms with Gasteiger partial charge in [-0.1, -0.05) is 18.2 Å². The smallest absolute Gasteiger partial charge is 0.253 e. The zero-order valence-corrected chi connectivity index (χ0v) is 14.0. The molecule has 0 radical (unpaired) electrons. The van der Waals surface area contributed by atoms with Crippen LogP contribution in [0.4, 0.5) is 0 Å². The molecule has 1 spiro atoms. The molecule has 1 aliphatic heterocycles. The van der Waals surface area contributed by atoms with Crippen LogP contribution in [0.5, 0.6) is 0 Å². The second kappa shape index (κ2) is 6.31. The second-order valence-electron chi connectivity index (χ2n) is 7.04. The number of benzene rings is 1. The first-order valence-corrected chi connectivity index (χ1v) is 8.69. The number of amides is 2. The van der Waals surface area contributed by atoms with E-state index >= 15 is 0 Å². The Kier molecular flexibility index (Phi) is 3.99. The highest BCUT2D eigenvalue weighted by atomic mass is 16.2. The zero-order chi connectivity index (χ0) is 17.3. The maximum atomic E-state index is 12.6. The Morgan fingerprint density at radius 2 is 1.92 bits per heavy atom. The molecule has 2 aliphatic rings. The zero-order valence-electron chi connectivity index (χ0n) is 14.0. The summed E-state index contributed by atoms with van der Waals surface area (Å²) in [5, 5.41) is 3.02. The summed E-state index contributed by atoms with van der Waals surface area (Å²) in [5.74, 6) is 0.203. The predicted molar refractivity (Wildman–Crippen MR) is 93.6 cm³/mol. The van der Waals surface area contributed by atoms with Crippen LogP contribution in [0.15, 0.2) is 54.9 Å². The molecule has 2 atom stereocenters. The molecule has 2 heterocycles. The molecular formula is C20H21N3O2. The van der Waals surface area contributed by atoms with Crippen molar-refractivity contribution in [3.63, 3.8) is 0 Å². The van der Waals surface area contributed by atoms with Crippen LogP contribution in [-0.4, -0.2) is 34.8 Å². The van der Waals surface area contributed by atoms with Gasteiger partial charge in [-0.05, 0) is 42.7 Å². The van der Waals surface area contributed by atoms with Gasteiger partial charge in [0, 0.05) is 48.9 Å². The molecule has 5 heteroatoms. The second-order valence-corrected chi connectivity index (χ2v) is 7.04. The number of likely N-dealkylation sites (tertiary alicyclic amines) is 1. The first-order valence-electron chi connectivity index (χ1n) is 8.69. The average molecular weight is 335 g/mol. The number of pyridine rings is 1. The first-order chi connectivity index (χ1) is 12.2. The van der Waals surface area contributed by atoms with E-state index in [9.17, 15) is 9.59 Å². The molecule has 4 rings (SSSR count). The van der Waals surface area contributed by atoms with E-state index in [0.29, 0.717) is 13.1 Å². The van der Waals surface area contributed by atoms with Crippen molar-refractivity contribution < 1.29 is 9.59 Å². The van der Waals surface area contributed by atoms with Gasteiger partial charge in [0.05, 0.1) is 0 Å².